The molecular weight excluding hydrogens is 747 g/mol. The number of nitrogens with zero attached hydrogens (tertiary/aromatic N) is 5. The molecule has 0 aliphatic carbocycles. The summed E-state index contributed by atoms with van der Waals surface area (Å²) in [5.41, 5.74) is 13.3. The summed E-state index contributed by atoms with van der Waals surface area (Å²) in [7, 11) is 5.90. The number of hydrogen-bond acceptors (Lipinski definition) is 8. The van der Waals surface area contributed by atoms with Crippen molar-refractivity contribution in [3.05, 3.63) is 89.6 Å². The summed E-state index contributed by atoms with van der Waals surface area (Å²) in [6.07, 6.45) is 14.2. The van der Waals surface area contributed by atoms with E-state index in [1.807, 2.05) is 80.3 Å². The van der Waals surface area contributed by atoms with Gasteiger partial charge in [-0.05, 0) is 87.2 Å². The minimum absolute atomic E-state index is 0.0686. The molecule has 10 nitrogen and oxygen atoms in total. The zero-order chi connectivity index (χ0) is 40.0. The maximum atomic E-state index is 13.2. The summed E-state index contributed by atoms with van der Waals surface area (Å²) >= 11 is 7.98. The van der Waals surface area contributed by atoms with E-state index < -0.39 is 6.89 Å². The highest BCUT2D eigenvalue weighted by Gasteiger charge is 2.26. The first-order chi connectivity index (χ1) is 26.3. The molecule has 1 heterocycles. The van der Waals surface area contributed by atoms with Crippen LogP contribution in [0.15, 0.2) is 93.4 Å². The number of phenols is 1. The minimum Gasteiger partial charge on any atom is -0.506 e. The van der Waals surface area contributed by atoms with Crippen LogP contribution in [0.25, 0.3) is 6.08 Å². The van der Waals surface area contributed by atoms with E-state index in [1.54, 1.807) is 6.07 Å². The van der Waals surface area contributed by atoms with Crippen LogP contribution >= 0.6 is 30.2 Å². The van der Waals surface area contributed by atoms with E-state index in [4.69, 9.17) is 22.3 Å². The summed E-state index contributed by atoms with van der Waals surface area (Å²) in [5, 5.41) is 17.6. The Morgan fingerprint density at radius 1 is 1.11 bits per heavy atom. The molecule has 13 heteroatoms. The number of aliphatic imine (C=N–C) groups is 2. The molecule has 0 spiro atoms. The summed E-state index contributed by atoms with van der Waals surface area (Å²) in [6, 6.07) is 20.0. The first kappa shape index (κ1) is 43.7. The molecule has 0 aromatic heterocycles. The van der Waals surface area contributed by atoms with Crippen molar-refractivity contribution in [3.8, 4) is 5.75 Å². The Labute approximate surface area is 337 Å². The molecule has 0 radical (unpaired) electrons. The van der Waals surface area contributed by atoms with Crippen molar-refractivity contribution in [2.75, 3.05) is 63.5 Å². The van der Waals surface area contributed by atoms with Gasteiger partial charge in [0.15, 0.2) is 0 Å². The predicted octanol–water partition coefficient (Wildman–Crippen LogP) is 7.93. The first-order valence-electron chi connectivity index (χ1n) is 18.7. The summed E-state index contributed by atoms with van der Waals surface area (Å²) in [6.45, 7) is 8.99. The quantitative estimate of drug-likeness (QED) is 0.0207. The van der Waals surface area contributed by atoms with Crippen LogP contribution in [0.1, 0.15) is 49.7 Å². The van der Waals surface area contributed by atoms with Gasteiger partial charge in [0.1, 0.15) is 5.75 Å². The predicted molar refractivity (Wildman–Crippen MR) is 242 cm³/mol. The SMILES string of the molecule is C=Cc1cccc(SCCCCCC(=O)N(C)C2CCN(c3ccc(NC(N=C/C(Cl)=C/N)=Nc4ccccc4P(=C)(C)C)c(O)c3)CC2)c1CN(C)NC. The molecular formula is C42H58ClN8O2PS. The molecule has 3 aromatic rings. The lowest BCUT2D eigenvalue weighted by Gasteiger charge is -2.38. The second kappa shape index (κ2) is 21.3. The van der Waals surface area contributed by atoms with Gasteiger partial charge < -0.3 is 26.0 Å². The van der Waals surface area contributed by atoms with E-state index in [9.17, 15) is 9.90 Å². The highest BCUT2D eigenvalue weighted by Crippen LogP contribution is 2.38. The van der Waals surface area contributed by atoms with Crippen molar-refractivity contribution in [2.24, 2.45) is 15.7 Å². The largest absolute Gasteiger partial charge is 0.506 e. The second-order valence-electron chi connectivity index (χ2n) is 14.2. The van der Waals surface area contributed by atoms with Crippen LogP contribution in [0.2, 0.25) is 0 Å². The lowest BCUT2D eigenvalue weighted by molar-refractivity contribution is -0.132. The first-order valence-corrected chi connectivity index (χ1v) is 22.9. The molecule has 0 unspecified atom stereocenters. The van der Waals surface area contributed by atoms with Gasteiger partial charge >= 0.3 is 0 Å². The number of rotatable bonds is 17. The number of benzene rings is 3. The van der Waals surface area contributed by atoms with Crippen molar-refractivity contribution in [3.63, 3.8) is 0 Å². The fourth-order valence-electron chi connectivity index (χ4n) is 6.41. The molecule has 55 heavy (non-hydrogen) atoms. The molecule has 0 atom stereocenters. The molecule has 5 N–H and O–H groups in total. The number of carbonyl (C=O) groups is 1. The number of halogens is 1. The summed E-state index contributed by atoms with van der Waals surface area (Å²) in [4.78, 5) is 27.9. The number of nitrogens with one attached hydrogen (secondary N) is 2. The lowest BCUT2D eigenvalue weighted by Crippen LogP contribution is -2.45. The molecule has 4 rings (SSSR count). The Balaban J connectivity index is 1.27. The third kappa shape index (κ3) is 13.0. The Morgan fingerprint density at radius 2 is 1.85 bits per heavy atom. The summed E-state index contributed by atoms with van der Waals surface area (Å²) in [5.74, 6) is 1.54. The standard InChI is InChI=1S/C42H58ClN8O2PS/c1-8-31-15-14-18-40(35(31)30-49(3)45-2)55-26-13-9-10-19-41(53)50(4)33-22-24-51(25-23-33)34-20-21-36(38(52)27-34)47-42(46-29-32(43)28-44)48-37-16-11-12-17-39(37)54(5,6)7/h8,11-12,14-18,20-21,27-29,33,45,52H,1,5,9-10,13,19,22-26,30,44H2,2-4,6-7H3,(H,47,48)/b32-28-,46-29?. The third-order valence-corrected chi connectivity index (χ3v) is 12.8. The van der Waals surface area contributed by atoms with Crippen LogP contribution < -0.4 is 26.7 Å². The number of anilines is 2. The lowest BCUT2D eigenvalue weighted by atomic mass is 10.0. The van der Waals surface area contributed by atoms with Crippen LogP contribution in [0, 0.1) is 0 Å². The zero-order valence-electron chi connectivity index (χ0n) is 33.0. The number of guanidine groups is 1. The number of carbonyl (C=O) groups excluding carboxylic acids is 1. The Bertz CT molecular complexity index is 1900. The molecule has 1 aliphatic rings. The topological polar surface area (TPSA) is 122 Å². The van der Waals surface area contributed by atoms with E-state index in [0.29, 0.717) is 12.1 Å². The number of para-hydroxylation sites is 1. The number of nitrogens with two attached hydrogens (primary N) is 1. The number of aromatic hydroxyl groups is 1. The molecule has 1 amide bonds. The smallest absolute Gasteiger partial charge is 0.227 e. The minimum atomic E-state index is -1.64. The Kier molecular flexibility index (Phi) is 17.0. The molecule has 1 fully saturated rings. The highest BCUT2D eigenvalue weighted by atomic mass is 35.5. The number of phenolic OH excluding ortho intramolecular Hbond substituents is 1. The van der Waals surface area contributed by atoms with Gasteiger partial charge in [0.2, 0.25) is 11.9 Å². The van der Waals surface area contributed by atoms with Crippen LogP contribution in [0.3, 0.4) is 0 Å². The van der Waals surface area contributed by atoms with E-state index in [1.165, 1.54) is 22.9 Å². The van der Waals surface area contributed by atoms with E-state index in [2.05, 4.69) is 70.1 Å². The van der Waals surface area contributed by atoms with Crippen molar-refractivity contribution < 1.29 is 9.90 Å². The number of unbranched alkanes of at least 4 members (excludes halogenated alkanes) is 2. The maximum Gasteiger partial charge on any atom is 0.227 e. The molecule has 0 bridgehead atoms. The Hall–Kier alpha value is -3.99. The maximum absolute atomic E-state index is 13.2. The molecule has 296 valence electrons. The van der Waals surface area contributed by atoms with Gasteiger partial charge in [0.05, 0.1) is 22.6 Å². The van der Waals surface area contributed by atoms with Gasteiger partial charge in [-0.15, -0.1) is 11.8 Å². The average Bonchev–Trinajstić information content (AvgIpc) is 3.18. The van der Waals surface area contributed by atoms with Crippen molar-refractivity contribution in [1.29, 1.82) is 0 Å². The van der Waals surface area contributed by atoms with Crippen LogP contribution in [-0.4, -0.2) is 98.8 Å². The van der Waals surface area contributed by atoms with Crippen molar-refractivity contribution in [1.82, 2.24) is 15.3 Å². The van der Waals surface area contributed by atoms with Gasteiger partial charge in [-0.25, -0.2) is 15.0 Å². The molecule has 1 saturated heterocycles. The van der Waals surface area contributed by atoms with E-state index >= 15 is 0 Å². The fourth-order valence-corrected chi connectivity index (χ4v) is 8.79. The van der Waals surface area contributed by atoms with Gasteiger partial charge in [0, 0.05) is 74.3 Å². The third-order valence-electron chi connectivity index (χ3n) is 9.69. The van der Waals surface area contributed by atoms with E-state index in [0.717, 1.165) is 79.7 Å². The van der Waals surface area contributed by atoms with Gasteiger partial charge in [0.25, 0.3) is 0 Å². The van der Waals surface area contributed by atoms with Gasteiger partial charge in [-0.1, -0.05) is 74.2 Å². The molecule has 0 saturated carbocycles. The van der Waals surface area contributed by atoms with Crippen molar-refractivity contribution >= 4 is 83.1 Å². The van der Waals surface area contributed by atoms with Crippen molar-refractivity contribution in [2.45, 2.75) is 56.0 Å². The zero-order valence-corrected chi connectivity index (χ0v) is 35.4. The number of thioether (sulfide) groups is 1. The second-order valence-corrected chi connectivity index (χ2v) is 19.7. The fraction of sp³-hybridized carbons (Fsp3) is 0.381. The number of piperidine rings is 1. The Morgan fingerprint density at radius 3 is 2.53 bits per heavy atom. The monoisotopic (exact) mass is 804 g/mol. The average molecular weight is 805 g/mol. The molecule has 1 aliphatic heterocycles. The highest BCUT2D eigenvalue weighted by molar-refractivity contribution is 7.99. The van der Waals surface area contributed by atoms with Crippen LogP contribution in [0.5, 0.6) is 5.75 Å². The number of hydrazine groups is 1. The van der Waals surface area contributed by atoms with Crippen LogP contribution in [0.4, 0.5) is 17.1 Å². The summed E-state index contributed by atoms with van der Waals surface area (Å²) < 4.78 is 0. The van der Waals surface area contributed by atoms with Gasteiger partial charge in [-0.3, -0.25) is 10.2 Å². The van der Waals surface area contributed by atoms with E-state index in [-0.39, 0.29) is 28.7 Å². The van der Waals surface area contributed by atoms with Crippen LogP contribution in [-0.2, 0) is 11.3 Å². The normalized spacial score (nSPS) is 14.5. The number of hydrogen-bond donors (Lipinski definition) is 4. The number of allylic oxidation sites excluding steroid dienone is 1. The number of amides is 1. The molecule has 3 aromatic carbocycles. The van der Waals surface area contributed by atoms with Gasteiger partial charge in [-0.2, -0.15) is 0 Å².